The molecule has 1 heterocycles. The first-order valence-electron chi connectivity index (χ1n) is 7.20. The zero-order chi connectivity index (χ0) is 14.6. The summed E-state index contributed by atoms with van der Waals surface area (Å²) in [6, 6.07) is -0.198. The van der Waals surface area contributed by atoms with E-state index in [0.29, 0.717) is 5.13 Å². The van der Waals surface area contributed by atoms with Crippen LogP contribution >= 0.6 is 11.3 Å². The number of carbonyl (C=O) groups excluding carboxylic acids is 1. The summed E-state index contributed by atoms with van der Waals surface area (Å²) in [5.74, 6) is 0. The van der Waals surface area contributed by atoms with Crippen molar-refractivity contribution in [1.29, 1.82) is 0 Å². The number of urea groups is 1. The highest BCUT2D eigenvalue weighted by Gasteiger charge is 2.39. The molecule has 0 aromatic carbocycles. The Morgan fingerprint density at radius 3 is 3.15 bits per heavy atom. The molecule has 3 N–H and O–H groups in total. The van der Waals surface area contributed by atoms with E-state index in [1.807, 2.05) is 12.3 Å². The SMILES string of the molecule is CCCc1csc(NC(=O)NC2CCCC2(C)CO)n1. The fraction of sp³-hybridized carbons (Fsp3) is 0.714. The Balaban J connectivity index is 1.88. The van der Waals surface area contributed by atoms with Gasteiger partial charge in [-0.2, -0.15) is 0 Å². The zero-order valence-electron chi connectivity index (χ0n) is 12.1. The van der Waals surface area contributed by atoms with Crippen LogP contribution in [0.1, 0.15) is 45.2 Å². The van der Waals surface area contributed by atoms with Gasteiger partial charge in [-0.1, -0.05) is 26.7 Å². The van der Waals surface area contributed by atoms with Gasteiger partial charge < -0.3 is 10.4 Å². The number of carbonyl (C=O) groups is 1. The molecular weight excluding hydrogens is 274 g/mol. The maximum atomic E-state index is 12.0. The van der Waals surface area contributed by atoms with E-state index in [2.05, 4.69) is 22.5 Å². The third-order valence-electron chi connectivity index (χ3n) is 4.03. The molecule has 0 spiro atoms. The number of hydrogen-bond donors (Lipinski definition) is 3. The Bertz CT molecular complexity index is 463. The molecule has 1 aliphatic rings. The average molecular weight is 297 g/mol. The van der Waals surface area contributed by atoms with Gasteiger partial charge in [0.1, 0.15) is 0 Å². The van der Waals surface area contributed by atoms with Gasteiger partial charge in [0.25, 0.3) is 0 Å². The van der Waals surface area contributed by atoms with E-state index in [4.69, 9.17) is 0 Å². The van der Waals surface area contributed by atoms with E-state index in [9.17, 15) is 9.90 Å². The van der Waals surface area contributed by atoms with Crippen molar-refractivity contribution in [3.63, 3.8) is 0 Å². The number of rotatable bonds is 5. The van der Waals surface area contributed by atoms with E-state index < -0.39 is 0 Å². The van der Waals surface area contributed by atoms with Crippen LogP contribution in [0.5, 0.6) is 0 Å². The van der Waals surface area contributed by atoms with Crippen LogP contribution in [0.25, 0.3) is 0 Å². The van der Waals surface area contributed by atoms with E-state index >= 15 is 0 Å². The Kier molecular flexibility index (Phi) is 4.99. The van der Waals surface area contributed by atoms with E-state index in [0.717, 1.165) is 37.8 Å². The number of amides is 2. The summed E-state index contributed by atoms with van der Waals surface area (Å²) in [5, 5.41) is 17.8. The van der Waals surface area contributed by atoms with E-state index in [1.54, 1.807) is 0 Å². The Morgan fingerprint density at radius 1 is 1.65 bits per heavy atom. The van der Waals surface area contributed by atoms with Crippen molar-refractivity contribution >= 4 is 22.5 Å². The molecule has 1 aliphatic carbocycles. The zero-order valence-corrected chi connectivity index (χ0v) is 12.9. The van der Waals surface area contributed by atoms with Crippen LogP contribution in [0.15, 0.2) is 5.38 Å². The molecule has 2 atom stereocenters. The summed E-state index contributed by atoms with van der Waals surface area (Å²) in [4.78, 5) is 16.4. The highest BCUT2D eigenvalue weighted by Crippen LogP contribution is 2.37. The fourth-order valence-corrected chi connectivity index (χ4v) is 3.43. The first-order valence-corrected chi connectivity index (χ1v) is 8.08. The molecule has 1 aromatic heterocycles. The molecule has 1 aromatic rings. The maximum absolute atomic E-state index is 12.0. The molecule has 2 rings (SSSR count). The van der Waals surface area contributed by atoms with Crippen molar-refractivity contribution in [3.05, 3.63) is 11.1 Å². The van der Waals surface area contributed by atoms with Crippen molar-refractivity contribution in [2.75, 3.05) is 11.9 Å². The Hall–Kier alpha value is -1.14. The Labute approximate surface area is 123 Å². The van der Waals surface area contributed by atoms with Gasteiger partial charge in [-0.15, -0.1) is 11.3 Å². The lowest BCUT2D eigenvalue weighted by molar-refractivity contribution is 0.122. The smallest absolute Gasteiger partial charge is 0.321 e. The summed E-state index contributed by atoms with van der Waals surface area (Å²) < 4.78 is 0. The largest absolute Gasteiger partial charge is 0.396 e. The van der Waals surface area contributed by atoms with Crippen LogP contribution in [0.3, 0.4) is 0 Å². The lowest BCUT2D eigenvalue weighted by atomic mass is 9.86. The highest BCUT2D eigenvalue weighted by atomic mass is 32.1. The quantitative estimate of drug-likeness (QED) is 0.782. The molecule has 1 fully saturated rings. The first-order chi connectivity index (χ1) is 9.57. The van der Waals surface area contributed by atoms with Crippen LogP contribution in [0.4, 0.5) is 9.93 Å². The summed E-state index contributed by atoms with van der Waals surface area (Å²) in [7, 11) is 0. The van der Waals surface area contributed by atoms with Gasteiger partial charge >= 0.3 is 6.03 Å². The van der Waals surface area contributed by atoms with Gasteiger partial charge in [-0.05, 0) is 19.3 Å². The van der Waals surface area contributed by atoms with Crippen LogP contribution in [0, 0.1) is 5.41 Å². The number of hydrogen-bond acceptors (Lipinski definition) is 4. The Morgan fingerprint density at radius 2 is 2.45 bits per heavy atom. The number of thiazole rings is 1. The molecule has 0 radical (unpaired) electrons. The van der Waals surface area contributed by atoms with Crippen molar-refractivity contribution in [2.24, 2.45) is 5.41 Å². The topological polar surface area (TPSA) is 74.2 Å². The van der Waals surface area contributed by atoms with Crippen molar-refractivity contribution in [2.45, 2.75) is 52.0 Å². The first kappa shape index (κ1) is 15.3. The van der Waals surface area contributed by atoms with Crippen LogP contribution in [-0.4, -0.2) is 28.8 Å². The standard InChI is InChI=1S/C14H23N3O2S/c1-3-5-10-8-20-13(15-10)17-12(19)16-11-6-4-7-14(11,2)9-18/h8,11,18H,3-7,9H2,1-2H3,(H2,15,16,17,19). The molecule has 6 heteroatoms. The number of aliphatic hydroxyl groups is 1. The van der Waals surface area contributed by atoms with Gasteiger partial charge in [0, 0.05) is 16.8 Å². The molecule has 2 unspecified atom stereocenters. The minimum Gasteiger partial charge on any atom is -0.396 e. The van der Waals surface area contributed by atoms with Crippen molar-refractivity contribution in [1.82, 2.24) is 10.3 Å². The number of aliphatic hydroxyl groups excluding tert-OH is 1. The predicted octanol–water partition coefficient (Wildman–Crippen LogP) is 2.77. The number of nitrogens with zero attached hydrogens (tertiary/aromatic N) is 1. The molecule has 5 nitrogen and oxygen atoms in total. The molecule has 1 saturated carbocycles. The molecule has 0 aliphatic heterocycles. The molecule has 0 bridgehead atoms. The summed E-state index contributed by atoms with van der Waals surface area (Å²) in [6.07, 6.45) is 4.90. The van der Waals surface area contributed by atoms with Gasteiger partial charge in [0.05, 0.1) is 12.3 Å². The van der Waals surface area contributed by atoms with Gasteiger partial charge in [-0.25, -0.2) is 9.78 Å². The molecule has 20 heavy (non-hydrogen) atoms. The molecule has 112 valence electrons. The fourth-order valence-electron chi connectivity index (χ4n) is 2.70. The number of nitrogens with one attached hydrogen (secondary N) is 2. The number of aromatic nitrogens is 1. The molecule has 0 saturated heterocycles. The lowest BCUT2D eigenvalue weighted by Crippen LogP contribution is -2.46. The minimum absolute atomic E-state index is 0.0302. The van der Waals surface area contributed by atoms with Gasteiger partial charge in [0.15, 0.2) is 5.13 Å². The van der Waals surface area contributed by atoms with Gasteiger partial charge in [-0.3, -0.25) is 5.32 Å². The predicted molar refractivity (Wildman–Crippen MR) is 81.1 cm³/mol. The average Bonchev–Trinajstić information content (AvgIpc) is 2.99. The summed E-state index contributed by atoms with van der Waals surface area (Å²) >= 11 is 1.45. The highest BCUT2D eigenvalue weighted by molar-refractivity contribution is 7.13. The van der Waals surface area contributed by atoms with Crippen molar-refractivity contribution in [3.8, 4) is 0 Å². The number of aryl methyl sites for hydroxylation is 1. The second-order valence-electron chi connectivity index (χ2n) is 5.75. The number of anilines is 1. The van der Waals surface area contributed by atoms with E-state index in [1.165, 1.54) is 11.3 Å². The molecule has 2 amide bonds. The maximum Gasteiger partial charge on any atom is 0.321 e. The normalized spacial score (nSPS) is 25.6. The van der Waals surface area contributed by atoms with Crippen molar-refractivity contribution < 1.29 is 9.90 Å². The van der Waals surface area contributed by atoms with E-state index in [-0.39, 0.29) is 24.1 Å². The lowest BCUT2D eigenvalue weighted by Gasteiger charge is -2.29. The van der Waals surface area contributed by atoms with Crippen LogP contribution in [0.2, 0.25) is 0 Å². The third-order valence-corrected chi connectivity index (χ3v) is 4.83. The monoisotopic (exact) mass is 297 g/mol. The molecular formula is C14H23N3O2S. The summed E-state index contributed by atoms with van der Waals surface area (Å²) in [6.45, 7) is 4.23. The second-order valence-corrected chi connectivity index (χ2v) is 6.61. The second kappa shape index (κ2) is 6.54. The summed E-state index contributed by atoms with van der Waals surface area (Å²) in [5.41, 5.74) is 0.821. The van der Waals surface area contributed by atoms with Gasteiger partial charge in [0.2, 0.25) is 0 Å². The third kappa shape index (κ3) is 3.49. The minimum atomic E-state index is -0.228. The van der Waals surface area contributed by atoms with Crippen LogP contribution < -0.4 is 10.6 Å². The van der Waals surface area contributed by atoms with Crippen LogP contribution in [-0.2, 0) is 6.42 Å².